The minimum atomic E-state index is -1.27. The molecule has 0 radical (unpaired) electrons. The molecule has 1 unspecified atom stereocenters. The molecule has 1 aromatic carbocycles. The molecule has 3 aromatic rings. The molecule has 1 saturated heterocycles. The average Bonchev–Trinajstić information content (AvgIpc) is 3.25. The van der Waals surface area contributed by atoms with Crippen LogP contribution in [0.25, 0.3) is 5.82 Å². The fourth-order valence-electron chi connectivity index (χ4n) is 3.75. The van der Waals surface area contributed by atoms with Crippen molar-refractivity contribution in [1.82, 2.24) is 25.0 Å². The predicted molar refractivity (Wildman–Crippen MR) is 120 cm³/mol. The van der Waals surface area contributed by atoms with E-state index >= 15 is 0 Å². The number of amides is 4. The van der Waals surface area contributed by atoms with Crippen LogP contribution in [0.5, 0.6) is 5.75 Å². The number of hydrogen-bond acceptors (Lipinski definition) is 6. The molecule has 0 spiro atoms. The summed E-state index contributed by atoms with van der Waals surface area (Å²) in [6, 6.07) is 11.5. The third-order valence-corrected chi connectivity index (χ3v) is 5.50. The van der Waals surface area contributed by atoms with E-state index in [4.69, 9.17) is 4.74 Å². The standard InChI is InChI=1S/C23H24N6O4/c1-14-11-15(2)29(27-14)19-10-7-17(12-24-19)25-20(30)13-28-21(31)23(3,26-22(28)32)16-5-8-18(33-4)9-6-16/h5-12H,13H2,1-4H3,(H,25,30)(H,26,32). The second-order valence-corrected chi connectivity index (χ2v) is 7.97. The molecule has 1 aliphatic rings. The van der Waals surface area contributed by atoms with Gasteiger partial charge in [0.2, 0.25) is 5.91 Å². The Hall–Kier alpha value is -4.21. The smallest absolute Gasteiger partial charge is 0.325 e. The lowest BCUT2D eigenvalue weighted by Crippen LogP contribution is -2.42. The first kappa shape index (κ1) is 22.0. The Morgan fingerprint density at radius 2 is 1.88 bits per heavy atom. The van der Waals surface area contributed by atoms with Crippen molar-refractivity contribution >= 4 is 23.5 Å². The fraction of sp³-hybridized carbons (Fsp3) is 0.261. The van der Waals surface area contributed by atoms with Crippen LogP contribution in [-0.4, -0.2) is 51.2 Å². The van der Waals surface area contributed by atoms with Crippen molar-refractivity contribution in [3.8, 4) is 11.6 Å². The summed E-state index contributed by atoms with van der Waals surface area (Å²) in [5.41, 5.74) is 1.58. The van der Waals surface area contributed by atoms with Gasteiger partial charge in [0, 0.05) is 5.69 Å². The van der Waals surface area contributed by atoms with Gasteiger partial charge < -0.3 is 15.4 Å². The highest BCUT2D eigenvalue weighted by Crippen LogP contribution is 2.30. The number of benzene rings is 1. The largest absolute Gasteiger partial charge is 0.497 e. The van der Waals surface area contributed by atoms with Crippen molar-refractivity contribution in [1.29, 1.82) is 0 Å². The van der Waals surface area contributed by atoms with Gasteiger partial charge in [-0.15, -0.1) is 0 Å². The number of carbonyl (C=O) groups is 3. The van der Waals surface area contributed by atoms with Gasteiger partial charge in [0.15, 0.2) is 5.82 Å². The highest BCUT2D eigenvalue weighted by Gasteiger charge is 2.49. The third-order valence-electron chi connectivity index (χ3n) is 5.50. The number of aryl methyl sites for hydroxylation is 2. The van der Waals surface area contributed by atoms with Crippen molar-refractivity contribution < 1.29 is 19.1 Å². The fourth-order valence-corrected chi connectivity index (χ4v) is 3.75. The Kier molecular flexibility index (Phi) is 5.59. The highest BCUT2D eigenvalue weighted by atomic mass is 16.5. The number of nitrogens with zero attached hydrogens (tertiary/aromatic N) is 4. The zero-order valence-electron chi connectivity index (χ0n) is 18.7. The van der Waals surface area contributed by atoms with Gasteiger partial charge in [-0.25, -0.2) is 14.5 Å². The third kappa shape index (κ3) is 4.14. The van der Waals surface area contributed by atoms with E-state index in [-0.39, 0.29) is 0 Å². The van der Waals surface area contributed by atoms with Gasteiger partial charge in [-0.3, -0.25) is 14.5 Å². The first-order valence-corrected chi connectivity index (χ1v) is 10.3. The maximum absolute atomic E-state index is 13.0. The van der Waals surface area contributed by atoms with Crippen molar-refractivity contribution in [2.45, 2.75) is 26.3 Å². The molecule has 3 heterocycles. The number of hydrogen-bond donors (Lipinski definition) is 2. The number of anilines is 1. The van der Waals surface area contributed by atoms with E-state index in [1.54, 1.807) is 55.1 Å². The number of imide groups is 1. The zero-order valence-corrected chi connectivity index (χ0v) is 18.7. The maximum atomic E-state index is 13.0. The molecule has 0 bridgehead atoms. The summed E-state index contributed by atoms with van der Waals surface area (Å²) in [7, 11) is 1.54. The Labute approximate surface area is 190 Å². The zero-order chi connectivity index (χ0) is 23.8. The summed E-state index contributed by atoms with van der Waals surface area (Å²) in [5, 5.41) is 9.73. The molecule has 170 valence electrons. The Morgan fingerprint density at radius 3 is 2.45 bits per heavy atom. The number of rotatable bonds is 6. The first-order chi connectivity index (χ1) is 15.7. The van der Waals surface area contributed by atoms with Crippen LogP contribution in [0.3, 0.4) is 0 Å². The van der Waals surface area contributed by atoms with Crippen LogP contribution < -0.4 is 15.4 Å². The van der Waals surface area contributed by atoms with Crippen LogP contribution in [0.15, 0.2) is 48.7 Å². The van der Waals surface area contributed by atoms with Crippen LogP contribution in [0.1, 0.15) is 23.9 Å². The molecule has 1 fully saturated rings. The second-order valence-electron chi connectivity index (χ2n) is 7.97. The predicted octanol–water partition coefficient (Wildman–Crippen LogP) is 2.30. The lowest BCUT2D eigenvalue weighted by Gasteiger charge is -2.22. The normalized spacial score (nSPS) is 17.8. The Bertz CT molecular complexity index is 1220. The van der Waals surface area contributed by atoms with E-state index in [1.807, 2.05) is 19.9 Å². The Balaban J connectivity index is 1.43. The molecule has 0 saturated carbocycles. The summed E-state index contributed by atoms with van der Waals surface area (Å²) in [5.74, 6) is 0.222. The van der Waals surface area contributed by atoms with Crippen molar-refractivity contribution in [2.24, 2.45) is 0 Å². The molecular formula is C23H24N6O4. The second kappa shape index (κ2) is 8.38. The molecule has 2 N–H and O–H groups in total. The number of urea groups is 1. The van der Waals surface area contributed by atoms with E-state index in [2.05, 4.69) is 20.7 Å². The number of ether oxygens (including phenoxy) is 1. The molecule has 1 atom stereocenters. The number of carbonyl (C=O) groups excluding carboxylic acids is 3. The number of nitrogens with one attached hydrogen (secondary N) is 2. The van der Waals surface area contributed by atoms with Crippen molar-refractivity contribution in [3.05, 3.63) is 65.6 Å². The monoisotopic (exact) mass is 448 g/mol. The van der Waals surface area contributed by atoms with Crippen LogP contribution in [-0.2, 0) is 15.1 Å². The minimum Gasteiger partial charge on any atom is -0.497 e. The Morgan fingerprint density at radius 1 is 1.15 bits per heavy atom. The van der Waals surface area contributed by atoms with Crippen LogP contribution in [0.4, 0.5) is 10.5 Å². The molecule has 4 amide bonds. The molecule has 10 heteroatoms. The van der Waals surface area contributed by atoms with E-state index < -0.39 is 29.9 Å². The lowest BCUT2D eigenvalue weighted by molar-refractivity contribution is -0.133. The lowest BCUT2D eigenvalue weighted by atomic mass is 9.92. The average molecular weight is 448 g/mol. The van der Waals surface area contributed by atoms with Crippen molar-refractivity contribution in [2.75, 3.05) is 19.0 Å². The summed E-state index contributed by atoms with van der Waals surface area (Å²) in [6.07, 6.45) is 1.50. The van der Waals surface area contributed by atoms with Gasteiger partial charge in [-0.2, -0.15) is 5.10 Å². The molecule has 1 aliphatic heterocycles. The van der Waals surface area contributed by atoms with Crippen LogP contribution in [0, 0.1) is 13.8 Å². The first-order valence-electron chi connectivity index (χ1n) is 10.3. The molecule has 33 heavy (non-hydrogen) atoms. The summed E-state index contributed by atoms with van der Waals surface area (Å²) >= 11 is 0. The highest BCUT2D eigenvalue weighted by molar-refractivity contribution is 6.10. The number of pyridine rings is 1. The molecule has 0 aliphatic carbocycles. The number of aromatic nitrogens is 3. The van der Waals surface area contributed by atoms with Crippen molar-refractivity contribution in [3.63, 3.8) is 0 Å². The molecule has 2 aromatic heterocycles. The van der Waals surface area contributed by atoms with E-state index in [9.17, 15) is 14.4 Å². The minimum absolute atomic E-state index is 0.421. The van der Waals surface area contributed by atoms with E-state index in [0.717, 1.165) is 16.3 Å². The number of methoxy groups -OCH3 is 1. The van der Waals surface area contributed by atoms with E-state index in [1.165, 1.54) is 6.20 Å². The van der Waals surface area contributed by atoms with Gasteiger partial charge in [-0.05, 0) is 56.7 Å². The molecule has 4 rings (SSSR count). The van der Waals surface area contributed by atoms with Gasteiger partial charge in [0.05, 0.1) is 24.7 Å². The van der Waals surface area contributed by atoms with Gasteiger partial charge >= 0.3 is 6.03 Å². The topological polar surface area (TPSA) is 118 Å². The summed E-state index contributed by atoms with van der Waals surface area (Å²) in [6.45, 7) is 5.01. The SMILES string of the molecule is COc1ccc(C2(C)NC(=O)N(CC(=O)Nc3ccc(-n4nc(C)cc4C)nc3)C2=O)cc1. The molecular weight excluding hydrogens is 424 g/mol. The summed E-state index contributed by atoms with van der Waals surface area (Å²) < 4.78 is 6.84. The quantitative estimate of drug-likeness (QED) is 0.559. The maximum Gasteiger partial charge on any atom is 0.325 e. The van der Waals surface area contributed by atoms with Crippen LogP contribution >= 0.6 is 0 Å². The summed E-state index contributed by atoms with van der Waals surface area (Å²) in [4.78, 5) is 43.3. The van der Waals surface area contributed by atoms with Gasteiger partial charge in [0.1, 0.15) is 17.8 Å². The van der Waals surface area contributed by atoms with Crippen LogP contribution in [0.2, 0.25) is 0 Å². The van der Waals surface area contributed by atoms with Gasteiger partial charge in [0.25, 0.3) is 5.91 Å². The van der Waals surface area contributed by atoms with E-state index in [0.29, 0.717) is 22.8 Å². The molecule has 10 nitrogen and oxygen atoms in total. The van der Waals surface area contributed by atoms with Gasteiger partial charge in [-0.1, -0.05) is 12.1 Å².